The lowest BCUT2D eigenvalue weighted by molar-refractivity contribution is -0.115. The molecule has 0 radical (unpaired) electrons. The first-order chi connectivity index (χ1) is 14.4. The molecular weight excluding hydrogens is 416 g/mol. The number of amides is 2. The van der Waals surface area contributed by atoms with Gasteiger partial charge in [0.15, 0.2) is 0 Å². The summed E-state index contributed by atoms with van der Waals surface area (Å²) in [5, 5.41) is 6.49. The molecule has 6 heteroatoms. The number of hydrogen-bond acceptors (Lipinski definition) is 3. The molecule has 154 valence electrons. The van der Waals surface area contributed by atoms with E-state index in [2.05, 4.69) is 10.6 Å². The number of benzene rings is 3. The van der Waals surface area contributed by atoms with Gasteiger partial charge in [0.2, 0.25) is 11.8 Å². The van der Waals surface area contributed by atoms with Crippen molar-refractivity contribution in [2.75, 3.05) is 16.4 Å². The Hall–Kier alpha value is -2.76. The average Bonchev–Trinajstić information content (AvgIpc) is 2.70. The molecule has 3 aromatic rings. The van der Waals surface area contributed by atoms with Crippen molar-refractivity contribution in [2.24, 2.45) is 0 Å². The SMILES string of the molecule is Cc1ccc(NC(=O)CSc2cccc(NC(=O)Cc3ccc(Cl)cc3)c2)c(C)c1. The summed E-state index contributed by atoms with van der Waals surface area (Å²) in [5.41, 5.74) is 4.63. The Kier molecular flexibility index (Phi) is 7.55. The van der Waals surface area contributed by atoms with Gasteiger partial charge < -0.3 is 10.6 Å². The number of carbonyl (C=O) groups is 2. The van der Waals surface area contributed by atoms with E-state index in [1.165, 1.54) is 11.8 Å². The van der Waals surface area contributed by atoms with Crippen LogP contribution in [0, 0.1) is 13.8 Å². The predicted octanol–water partition coefficient (Wildman–Crippen LogP) is 5.87. The third-order valence-corrected chi connectivity index (χ3v) is 5.67. The number of aryl methyl sites for hydroxylation is 2. The van der Waals surface area contributed by atoms with E-state index in [0.717, 1.165) is 27.3 Å². The van der Waals surface area contributed by atoms with Gasteiger partial charge in [0.1, 0.15) is 0 Å². The van der Waals surface area contributed by atoms with Crippen molar-refractivity contribution in [3.05, 3.63) is 88.4 Å². The lowest BCUT2D eigenvalue weighted by atomic mass is 10.1. The molecular formula is C24H23ClN2O2S. The van der Waals surface area contributed by atoms with Crippen LogP contribution in [0.1, 0.15) is 16.7 Å². The Bertz CT molecular complexity index is 1050. The molecule has 0 fully saturated rings. The highest BCUT2D eigenvalue weighted by Gasteiger charge is 2.08. The molecule has 2 N–H and O–H groups in total. The number of anilines is 2. The van der Waals surface area contributed by atoms with Crippen LogP contribution in [0.3, 0.4) is 0 Å². The number of rotatable bonds is 7. The summed E-state index contributed by atoms with van der Waals surface area (Å²) in [5.74, 6) is 0.117. The minimum Gasteiger partial charge on any atom is -0.326 e. The van der Waals surface area contributed by atoms with E-state index in [1.54, 1.807) is 12.1 Å². The molecule has 0 saturated heterocycles. The summed E-state index contributed by atoms with van der Waals surface area (Å²) in [6, 6.07) is 20.6. The molecule has 0 bridgehead atoms. The summed E-state index contributed by atoms with van der Waals surface area (Å²) in [6.45, 7) is 4.00. The van der Waals surface area contributed by atoms with E-state index in [0.29, 0.717) is 10.7 Å². The van der Waals surface area contributed by atoms with Gasteiger partial charge in [0.05, 0.1) is 12.2 Å². The summed E-state index contributed by atoms with van der Waals surface area (Å²) in [7, 11) is 0. The quantitative estimate of drug-likeness (QED) is 0.453. The van der Waals surface area contributed by atoms with Crippen LogP contribution in [0.25, 0.3) is 0 Å². The Morgan fingerprint density at radius 3 is 2.40 bits per heavy atom. The fourth-order valence-corrected chi connectivity index (χ4v) is 3.83. The first-order valence-electron chi connectivity index (χ1n) is 9.53. The van der Waals surface area contributed by atoms with Crippen LogP contribution in [-0.2, 0) is 16.0 Å². The van der Waals surface area contributed by atoms with E-state index in [-0.39, 0.29) is 24.0 Å². The topological polar surface area (TPSA) is 58.2 Å². The number of hydrogen-bond donors (Lipinski definition) is 2. The molecule has 0 aliphatic heterocycles. The third-order valence-electron chi connectivity index (χ3n) is 4.42. The van der Waals surface area contributed by atoms with E-state index >= 15 is 0 Å². The Balaban J connectivity index is 1.52. The van der Waals surface area contributed by atoms with Crippen LogP contribution in [-0.4, -0.2) is 17.6 Å². The number of nitrogens with one attached hydrogen (secondary N) is 2. The molecule has 30 heavy (non-hydrogen) atoms. The van der Waals surface area contributed by atoms with Crippen molar-refractivity contribution >= 4 is 46.6 Å². The van der Waals surface area contributed by atoms with Gasteiger partial charge in [0.25, 0.3) is 0 Å². The second-order valence-electron chi connectivity index (χ2n) is 7.03. The summed E-state index contributed by atoms with van der Waals surface area (Å²) in [4.78, 5) is 25.5. The first-order valence-corrected chi connectivity index (χ1v) is 10.9. The average molecular weight is 439 g/mol. The summed E-state index contributed by atoms with van der Waals surface area (Å²) < 4.78 is 0. The van der Waals surface area contributed by atoms with Gasteiger partial charge in [-0.15, -0.1) is 11.8 Å². The van der Waals surface area contributed by atoms with Gasteiger partial charge in [-0.2, -0.15) is 0 Å². The first kappa shape index (κ1) is 21.9. The largest absolute Gasteiger partial charge is 0.326 e. The molecule has 3 rings (SSSR count). The number of carbonyl (C=O) groups excluding carboxylic acids is 2. The molecule has 0 aliphatic rings. The Morgan fingerprint density at radius 1 is 0.900 bits per heavy atom. The van der Waals surface area contributed by atoms with E-state index in [9.17, 15) is 9.59 Å². The monoisotopic (exact) mass is 438 g/mol. The third kappa shape index (κ3) is 6.65. The van der Waals surface area contributed by atoms with E-state index in [1.807, 2.05) is 68.4 Å². The second-order valence-corrected chi connectivity index (χ2v) is 8.52. The van der Waals surface area contributed by atoms with Gasteiger partial charge >= 0.3 is 0 Å². The molecule has 0 heterocycles. The maximum Gasteiger partial charge on any atom is 0.234 e. The molecule has 0 aliphatic carbocycles. The van der Waals surface area contributed by atoms with Crippen LogP contribution in [0.15, 0.2) is 71.6 Å². The standard InChI is InChI=1S/C24H23ClN2O2S/c1-16-6-11-22(17(2)12-16)27-24(29)15-30-21-5-3-4-20(14-21)26-23(28)13-18-7-9-19(25)10-8-18/h3-12,14H,13,15H2,1-2H3,(H,26,28)(H,27,29). The molecule has 0 spiro atoms. The van der Waals surface area contributed by atoms with Crippen molar-refractivity contribution in [1.29, 1.82) is 0 Å². The van der Waals surface area contributed by atoms with Crippen LogP contribution >= 0.6 is 23.4 Å². The maximum absolute atomic E-state index is 12.3. The van der Waals surface area contributed by atoms with Crippen molar-refractivity contribution < 1.29 is 9.59 Å². The predicted molar refractivity (Wildman–Crippen MR) is 125 cm³/mol. The second kappa shape index (κ2) is 10.3. The lowest BCUT2D eigenvalue weighted by Gasteiger charge is -2.10. The Labute approximate surface area is 186 Å². The molecule has 2 amide bonds. The molecule has 0 aromatic heterocycles. The highest BCUT2D eigenvalue weighted by atomic mass is 35.5. The number of halogens is 1. The molecule has 0 atom stereocenters. The van der Waals surface area contributed by atoms with Gasteiger partial charge in [-0.25, -0.2) is 0 Å². The summed E-state index contributed by atoms with van der Waals surface area (Å²) >= 11 is 7.30. The lowest BCUT2D eigenvalue weighted by Crippen LogP contribution is -2.15. The minimum atomic E-state index is -0.105. The molecule has 3 aromatic carbocycles. The molecule has 0 saturated carbocycles. The van der Waals surface area contributed by atoms with Crippen LogP contribution < -0.4 is 10.6 Å². The van der Waals surface area contributed by atoms with Crippen molar-refractivity contribution in [3.63, 3.8) is 0 Å². The summed E-state index contributed by atoms with van der Waals surface area (Å²) in [6.07, 6.45) is 0.271. The van der Waals surface area contributed by atoms with Crippen LogP contribution in [0.4, 0.5) is 11.4 Å². The van der Waals surface area contributed by atoms with Crippen molar-refractivity contribution in [2.45, 2.75) is 25.2 Å². The maximum atomic E-state index is 12.3. The molecule has 0 unspecified atom stereocenters. The van der Waals surface area contributed by atoms with Gasteiger partial charge in [-0.1, -0.05) is 47.5 Å². The molecule has 4 nitrogen and oxygen atoms in total. The smallest absolute Gasteiger partial charge is 0.234 e. The van der Waals surface area contributed by atoms with Crippen LogP contribution in [0.5, 0.6) is 0 Å². The highest BCUT2D eigenvalue weighted by Crippen LogP contribution is 2.23. The van der Waals surface area contributed by atoms with Gasteiger partial charge in [0, 0.05) is 21.3 Å². The van der Waals surface area contributed by atoms with Gasteiger partial charge in [-0.05, 0) is 61.4 Å². The van der Waals surface area contributed by atoms with Gasteiger partial charge in [-0.3, -0.25) is 9.59 Å². The van der Waals surface area contributed by atoms with Crippen LogP contribution in [0.2, 0.25) is 5.02 Å². The zero-order chi connectivity index (χ0) is 21.5. The minimum absolute atomic E-state index is 0.0656. The number of thioether (sulfide) groups is 1. The normalized spacial score (nSPS) is 10.5. The highest BCUT2D eigenvalue weighted by molar-refractivity contribution is 8.00. The fraction of sp³-hybridized carbons (Fsp3) is 0.167. The van der Waals surface area contributed by atoms with E-state index < -0.39 is 0 Å². The fourth-order valence-electron chi connectivity index (χ4n) is 2.95. The van der Waals surface area contributed by atoms with Crippen molar-refractivity contribution in [3.8, 4) is 0 Å². The van der Waals surface area contributed by atoms with E-state index in [4.69, 9.17) is 11.6 Å². The zero-order valence-electron chi connectivity index (χ0n) is 16.9. The zero-order valence-corrected chi connectivity index (χ0v) is 18.4. The van der Waals surface area contributed by atoms with Crippen molar-refractivity contribution in [1.82, 2.24) is 0 Å². The Morgan fingerprint density at radius 2 is 1.67 bits per heavy atom.